The van der Waals surface area contributed by atoms with Gasteiger partial charge in [-0.25, -0.2) is 4.79 Å². The Morgan fingerprint density at radius 2 is 2.22 bits per heavy atom. The molecule has 1 aromatic carbocycles. The zero-order chi connectivity index (χ0) is 17.0. The Hall–Kier alpha value is -3.42. The summed E-state index contributed by atoms with van der Waals surface area (Å²) in [6.45, 7) is 3.54. The fraction of sp³-hybridized carbons (Fsp3) is 0.0667. The highest BCUT2D eigenvalue weighted by atomic mass is 16.6. The number of allylic oxidation sites excluding steroid dienone is 1. The number of hydrogen-bond acceptors (Lipinski definition) is 5. The predicted octanol–water partition coefficient (Wildman–Crippen LogP) is 3.03. The third-order valence-electron chi connectivity index (χ3n) is 3.00. The minimum atomic E-state index is -1.40. The smallest absolute Gasteiger partial charge is 0.409 e. The van der Waals surface area contributed by atoms with E-state index in [1.165, 1.54) is 24.3 Å². The van der Waals surface area contributed by atoms with Crippen LogP contribution in [0.15, 0.2) is 52.4 Å². The number of nitro benzene ring substituents is 1. The van der Waals surface area contributed by atoms with Crippen molar-refractivity contribution < 1.29 is 19.2 Å². The molecule has 2 aromatic rings. The summed E-state index contributed by atoms with van der Waals surface area (Å²) in [7, 11) is 0. The highest BCUT2D eigenvalue weighted by molar-refractivity contribution is 5.83. The summed E-state index contributed by atoms with van der Waals surface area (Å²) in [4.78, 5) is 33.3. The van der Waals surface area contributed by atoms with Crippen LogP contribution in [0, 0.1) is 10.1 Å². The minimum Gasteiger partial charge on any atom is -0.465 e. The van der Waals surface area contributed by atoms with Crippen molar-refractivity contribution in [3.8, 4) is 11.3 Å². The third kappa shape index (κ3) is 3.43. The van der Waals surface area contributed by atoms with Crippen LogP contribution in [-0.2, 0) is 6.42 Å². The monoisotopic (exact) mass is 316 g/mol. The van der Waals surface area contributed by atoms with E-state index < -0.39 is 16.4 Å². The van der Waals surface area contributed by atoms with Crippen LogP contribution in [0.1, 0.15) is 5.56 Å². The SMILES string of the molecule is C=CCc1c(-c2cccc([N+](=O)[O-])c2)occ(NC(=O)O)c1=O. The Bertz CT molecular complexity index is 840. The van der Waals surface area contributed by atoms with Gasteiger partial charge in [0.1, 0.15) is 17.7 Å². The highest BCUT2D eigenvalue weighted by Gasteiger charge is 2.17. The molecular weight excluding hydrogens is 304 g/mol. The molecule has 0 aliphatic rings. The number of nitro groups is 1. The second kappa shape index (κ2) is 6.56. The molecule has 0 spiro atoms. The van der Waals surface area contributed by atoms with E-state index in [1.54, 1.807) is 6.07 Å². The van der Waals surface area contributed by atoms with Crippen molar-refractivity contribution in [2.45, 2.75) is 6.42 Å². The fourth-order valence-corrected chi connectivity index (χ4v) is 2.04. The number of nitrogens with one attached hydrogen (secondary N) is 1. The molecule has 0 unspecified atom stereocenters. The minimum absolute atomic E-state index is 0.121. The standard InChI is InChI=1S/C15H12N2O6/c1-2-4-11-13(18)12(16-15(19)20)8-23-14(11)9-5-3-6-10(7-9)17(21)22/h2-3,5-8,16H,1,4H2,(H,19,20). The van der Waals surface area contributed by atoms with Gasteiger partial charge in [-0.05, 0) is 6.42 Å². The van der Waals surface area contributed by atoms with E-state index in [4.69, 9.17) is 9.52 Å². The van der Waals surface area contributed by atoms with Crippen molar-refractivity contribution in [3.05, 3.63) is 69.1 Å². The van der Waals surface area contributed by atoms with Crippen LogP contribution in [0.25, 0.3) is 11.3 Å². The molecule has 8 heteroatoms. The number of benzene rings is 1. The first kappa shape index (κ1) is 16.0. The highest BCUT2D eigenvalue weighted by Crippen LogP contribution is 2.27. The zero-order valence-corrected chi connectivity index (χ0v) is 11.8. The van der Waals surface area contributed by atoms with E-state index in [1.807, 2.05) is 5.32 Å². The van der Waals surface area contributed by atoms with Crippen molar-refractivity contribution in [3.63, 3.8) is 0 Å². The van der Waals surface area contributed by atoms with Gasteiger partial charge in [-0.3, -0.25) is 20.2 Å². The first-order valence-corrected chi connectivity index (χ1v) is 6.44. The first-order valence-electron chi connectivity index (χ1n) is 6.44. The zero-order valence-electron chi connectivity index (χ0n) is 11.8. The summed E-state index contributed by atoms with van der Waals surface area (Å²) >= 11 is 0. The Balaban J connectivity index is 2.62. The van der Waals surface area contributed by atoms with Gasteiger partial charge < -0.3 is 9.52 Å². The summed E-state index contributed by atoms with van der Waals surface area (Å²) in [5.74, 6) is 0.134. The van der Waals surface area contributed by atoms with Gasteiger partial charge in [0.15, 0.2) is 0 Å². The van der Waals surface area contributed by atoms with E-state index in [9.17, 15) is 19.7 Å². The number of rotatable bonds is 5. The number of hydrogen-bond donors (Lipinski definition) is 2. The lowest BCUT2D eigenvalue weighted by Crippen LogP contribution is -2.19. The normalized spacial score (nSPS) is 10.1. The number of amides is 1. The van der Waals surface area contributed by atoms with E-state index in [0.717, 1.165) is 6.26 Å². The maximum atomic E-state index is 12.3. The lowest BCUT2D eigenvalue weighted by molar-refractivity contribution is -0.384. The topological polar surface area (TPSA) is 123 Å². The summed E-state index contributed by atoms with van der Waals surface area (Å²) < 4.78 is 5.35. The summed E-state index contributed by atoms with van der Waals surface area (Å²) in [6, 6.07) is 5.61. The molecule has 0 fully saturated rings. The summed E-state index contributed by atoms with van der Waals surface area (Å²) in [5, 5.41) is 21.5. The van der Waals surface area contributed by atoms with Gasteiger partial charge >= 0.3 is 6.09 Å². The number of nitrogens with zero attached hydrogens (tertiary/aromatic N) is 1. The third-order valence-corrected chi connectivity index (χ3v) is 3.00. The van der Waals surface area contributed by atoms with Crippen molar-refractivity contribution >= 4 is 17.5 Å². The average molecular weight is 316 g/mol. The lowest BCUT2D eigenvalue weighted by atomic mass is 10.0. The van der Waals surface area contributed by atoms with Crippen LogP contribution in [0.5, 0.6) is 0 Å². The van der Waals surface area contributed by atoms with Gasteiger partial charge in [0.25, 0.3) is 5.69 Å². The molecule has 0 aliphatic heterocycles. The van der Waals surface area contributed by atoms with Gasteiger partial charge in [0.2, 0.25) is 5.43 Å². The second-order valence-corrected chi connectivity index (χ2v) is 4.52. The van der Waals surface area contributed by atoms with Gasteiger partial charge in [-0.1, -0.05) is 18.2 Å². The molecule has 2 rings (SSSR count). The van der Waals surface area contributed by atoms with E-state index in [2.05, 4.69) is 6.58 Å². The molecule has 0 saturated heterocycles. The van der Waals surface area contributed by atoms with Gasteiger partial charge in [-0.2, -0.15) is 0 Å². The fourth-order valence-electron chi connectivity index (χ4n) is 2.04. The van der Waals surface area contributed by atoms with Crippen LogP contribution in [0.3, 0.4) is 0 Å². The molecule has 2 N–H and O–H groups in total. The first-order chi connectivity index (χ1) is 10.9. The molecule has 0 atom stereocenters. The van der Waals surface area contributed by atoms with Crippen molar-refractivity contribution in [2.24, 2.45) is 0 Å². The Morgan fingerprint density at radius 1 is 1.48 bits per heavy atom. The van der Waals surface area contributed by atoms with Gasteiger partial charge in [0.05, 0.1) is 4.92 Å². The van der Waals surface area contributed by atoms with Gasteiger partial charge in [0, 0.05) is 23.3 Å². The molecule has 0 radical (unpaired) electrons. The predicted molar refractivity (Wildman–Crippen MR) is 82.6 cm³/mol. The quantitative estimate of drug-likeness (QED) is 0.496. The number of carbonyl (C=O) groups is 1. The molecule has 8 nitrogen and oxygen atoms in total. The van der Waals surface area contributed by atoms with Crippen molar-refractivity contribution in [1.82, 2.24) is 0 Å². The van der Waals surface area contributed by atoms with Crippen LogP contribution >= 0.6 is 0 Å². The number of anilines is 1. The molecule has 1 heterocycles. The molecule has 0 aliphatic carbocycles. The van der Waals surface area contributed by atoms with Crippen LogP contribution < -0.4 is 10.7 Å². The largest absolute Gasteiger partial charge is 0.465 e. The Morgan fingerprint density at radius 3 is 2.83 bits per heavy atom. The molecule has 1 amide bonds. The molecular formula is C15H12N2O6. The molecule has 23 heavy (non-hydrogen) atoms. The molecule has 1 aromatic heterocycles. The van der Waals surface area contributed by atoms with Crippen molar-refractivity contribution in [2.75, 3.05) is 5.32 Å². The maximum absolute atomic E-state index is 12.3. The Labute approximate surface area is 129 Å². The number of carboxylic acid groups (broad SMARTS) is 1. The molecule has 118 valence electrons. The maximum Gasteiger partial charge on any atom is 0.409 e. The Kier molecular flexibility index (Phi) is 4.55. The van der Waals surface area contributed by atoms with E-state index in [-0.39, 0.29) is 29.1 Å². The van der Waals surface area contributed by atoms with Crippen molar-refractivity contribution in [1.29, 1.82) is 0 Å². The van der Waals surface area contributed by atoms with Crippen LogP contribution in [0.2, 0.25) is 0 Å². The second-order valence-electron chi connectivity index (χ2n) is 4.52. The summed E-state index contributed by atoms with van der Waals surface area (Å²) in [6.07, 6.45) is 1.15. The van der Waals surface area contributed by atoms with E-state index >= 15 is 0 Å². The van der Waals surface area contributed by atoms with Gasteiger partial charge in [-0.15, -0.1) is 6.58 Å². The summed E-state index contributed by atoms with van der Waals surface area (Å²) in [5.41, 5.74) is -0.451. The lowest BCUT2D eigenvalue weighted by Gasteiger charge is -2.08. The average Bonchev–Trinajstić information content (AvgIpc) is 2.51. The number of non-ortho nitro benzene ring substituents is 1. The van der Waals surface area contributed by atoms with Crippen LogP contribution in [0.4, 0.5) is 16.2 Å². The molecule has 0 saturated carbocycles. The molecule has 0 bridgehead atoms. The van der Waals surface area contributed by atoms with Crippen LogP contribution in [-0.4, -0.2) is 16.1 Å². The van der Waals surface area contributed by atoms with E-state index in [0.29, 0.717) is 5.56 Å².